The Bertz CT molecular complexity index is 125. The monoisotopic (exact) mass is 172 g/mol. The molecule has 0 aromatic rings. The Morgan fingerprint density at radius 3 is 1.33 bits per heavy atom. The first-order valence-electron chi connectivity index (χ1n) is 2.43. The van der Waals surface area contributed by atoms with Crippen molar-refractivity contribution in [2.24, 2.45) is 5.92 Å². The summed E-state index contributed by atoms with van der Waals surface area (Å²) >= 11 is 2.65. The lowest BCUT2D eigenvalue weighted by Gasteiger charge is -1.79. The van der Waals surface area contributed by atoms with Crippen molar-refractivity contribution < 1.29 is 13.0 Å². The minimum Gasteiger partial charge on any atom is -0.277 e. The van der Waals surface area contributed by atoms with Gasteiger partial charge in [-0.3, -0.25) is 4.55 Å². The van der Waals surface area contributed by atoms with Crippen LogP contribution >= 0.6 is 11.7 Å². The Balaban J connectivity index is 0. The van der Waals surface area contributed by atoms with Crippen LogP contribution in [0.4, 0.5) is 0 Å². The molecule has 0 rings (SSSR count). The van der Waals surface area contributed by atoms with E-state index < -0.39 is 9.15 Å². The van der Waals surface area contributed by atoms with Gasteiger partial charge in [-0.1, -0.05) is 20.8 Å². The molecule has 0 heterocycles. The van der Waals surface area contributed by atoms with E-state index in [0.717, 1.165) is 5.92 Å². The van der Waals surface area contributed by atoms with Gasteiger partial charge in [0.2, 0.25) is 0 Å². The molecule has 0 aliphatic carbocycles. The van der Waals surface area contributed by atoms with E-state index in [1.54, 1.807) is 0 Å². The molecule has 0 saturated carbocycles. The first-order valence-corrected chi connectivity index (χ1v) is 4.92. The highest BCUT2D eigenvalue weighted by Crippen LogP contribution is 1.81. The molecule has 0 amide bonds. The van der Waals surface area contributed by atoms with Crippen LogP contribution < -0.4 is 0 Å². The van der Waals surface area contributed by atoms with E-state index in [2.05, 4.69) is 32.4 Å². The summed E-state index contributed by atoms with van der Waals surface area (Å²) in [6.45, 7) is 6.50. The van der Waals surface area contributed by atoms with Gasteiger partial charge >= 0.3 is 9.15 Å². The van der Waals surface area contributed by atoms with Crippen LogP contribution in [-0.2, 0) is 9.15 Å². The lowest BCUT2D eigenvalue weighted by molar-refractivity contribution is 0.503. The average molecular weight is 172 g/mol. The summed E-state index contributed by atoms with van der Waals surface area (Å²) < 4.78 is 25.5. The topological polar surface area (TPSA) is 54.4 Å². The van der Waals surface area contributed by atoms with Crippen molar-refractivity contribution >= 4 is 20.8 Å². The van der Waals surface area contributed by atoms with Crippen LogP contribution in [0.2, 0.25) is 0 Å². The van der Waals surface area contributed by atoms with E-state index in [1.807, 2.05) is 0 Å². The molecule has 9 heavy (non-hydrogen) atoms. The van der Waals surface area contributed by atoms with Crippen molar-refractivity contribution in [3.8, 4) is 0 Å². The summed E-state index contributed by atoms with van der Waals surface area (Å²) in [6, 6.07) is 0. The minimum absolute atomic E-state index is 0.833. The number of rotatable bonds is 0. The highest BCUT2D eigenvalue weighted by molar-refractivity contribution is 8.61. The second-order valence-corrected chi connectivity index (χ2v) is 4.46. The van der Waals surface area contributed by atoms with Gasteiger partial charge in [0.05, 0.1) is 0 Å². The number of hydrogen-bond acceptors (Lipinski definition) is 2. The molecule has 0 radical (unpaired) electrons. The normalized spacial score (nSPS) is 10.4. The molecule has 0 aromatic heterocycles. The fraction of sp³-hybridized carbons (Fsp3) is 1.00. The van der Waals surface area contributed by atoms with Crippen molar-refractivity contribution in [1.82, 2.24) is 0 Å². The van der Waals surface area contributed by atoms with Gasteiger partial charge in [-0.25, -0.2) is 0 Å². The predicted octanol–water partition coefficient (Wildman–Crippen LogP) is 1.38. The Hall–Kier alpha value is 0.260. The van der Waals surface area contributed by atoms with Crippen LogP contribution in [0, 0.1) is 5.92 Å². The lowest BCUT2D eigenvalue weighted by Crippen LogP contribution is -1.78. The van der Waals surface area contributed by atoms with E-state index in [9.17, 15) is 0 Å². The van der Waals surface area contributed by atoms with Crippen molar-refractivity contribution in [3.63, 3.8) is 0 Å². The summed E-state index contributed by atoms with van der Waals surface area (Å²) in [5.74, 6) is 0.833. The number of hydrogen-bond donors (Lipinski definition) is 2. The third-order valence-corrected chi connectivity index (χ3v) is 0. The van der Waals surface area contributed by atoms with Crippen molar-refractivity contribution in [1.29, 1.82) is 0 Å². The lowest BCUT2D eigenvalue weighted by atomic mass is 10.3. The van der Waals surface area contributed by atoms with E-state index in [0.29, 0.717) is 0 Å². The van der Waals surface area contributed by atoms with Gasteiger partial charge in [-0.05, 0) is 17.6 Å². The molecule has 58 valence electrons. The molecule has 0 bridgehead atoms. The average Bonchev–Trinajstić information content (AvgIpc) is 1.19. The molecular weight excluding hydrogens is 160 g/mol. The third-order valence-electron chi connectivity index (χ3n) is 0. The molecule has 0 fully saturated rings. The second kappa shape index (κ2) is 5.08. The van der Waals surface area contributed by atoms with Gasteiger partial charge in [-0.2, -0.15) is 8.42 Å². The summed E-state index contributed by atoms with van der Waals surface area (Å²) in [7, 11) is -3.97. The van der Waals surface area contributed by atoms with Crippen molar-refractivity contribution in [2.75, 3.05) is 0 Å². The maximum absolute atomic E-state index is 9.05. The molecule has 0 unspecified atom stereocenters. The quantitative estimate of drug-likeness (QED) is 0.330. The molecule has 0 aliphatic rings. The van der Waals surface area contributed by atoms with E-state index in [4.69, 9.17) is 13.0 Å². The summed E-state index contributed by atoms with van der Waals surface area (Å²) in [5.41, 5.74) is 0. The molecule has 1 N–H and O–H groups in total. The van der Waals surface area contributed by atoms with E-state index >= 15 is 0 Å². The van der Waals surface area contributed by atoms with Crippen LogP contribution in [0.15, 0.2) is 0 Å². The zero-order valence-electron chi connectivity index (χ0n) is 5.70. The molecule has 0 aromatic carbocycles. The van der Waals surface area contributed by atoms with E-state index in [-0.39, 0.29) is 0 Å². The van der Waals surface area contributed by atoms with Crippen LogP contribution in [0.3, 0.4) is 0 Å². The third kappa shape index (κ3) is 4790. The highest BCUT2D eigenvalue weighted by atomic mass is 33.1. The van der Waals surface area contributed by atoms with E-state index in [1.165, 1.54) is 0 Å². The zero-order valence-corrected chi connectivity index (χ0v) is 7.41. The SMILES string of the molecule is CC(C)C.O=S(=O)(O)S. The van der Waals surface area contributed by atoms with Gasteiger partial charge in [-0.15, -0.1) is 0 Å². The Morgan fingerprint density at radius 1 is 1.33 bits per heavy atom. The minimum atomic E-state index is -3.97. The van der Waals surface area contributed by atoms with Gasteiger partial charge < -0.3 is 0 Å². The molecule has 3 nitrogen and oxygen atoms in total. The van der Waals surface area contributed by atoms with Crippen LogP contribution in [0.5, 0.6) is 0 Å². The van der Waals surface area contributed by atoms with Crippen LogP contribution in [0.25, 0.3) is 0 Å². The van der Waals surface area contributed by atoms with Gasteiger partial charge in [0.15, 0.2) is 0 Å². The van der Waals surface area contributed by atoms with Crippen molar-refractivity contribution in [2.45, 2.75) is 20.8 Å². The second-order valence-electron chi connectivity index (χ2n) is 2.18. The fourth-order valence-electron chi connectivity index (χ4n) is 0. The van der Waals surface area contributed by atoms with Gasteiger partial charge in [0, 0.05) is 0 Å². The van der Waals surface area contributed by atoms with Gasteiger partial charge in [0.1, 0.15) is 0 Å². The van der Waals surface area contributed by atoms with Gasteiger partial charge in [0.25, 0.3) is 0 Å². The highest BCUT2D eigenvalue weighted by Gasteiger charge is 1.83. The maximum atomic E-state index is 9.05. The molecule has 5 heteroatoms. The number of thiol groups is 1. The van der Waals surface area contributed by atoms with Crippen LogP contribution in [0.1, 0.15) is 20.8 Å². The fourth-order valence-corrected chi connectivity index (χ4v) is 0. The maximum Gasteiger partial charge on any atom is 0.316 e. The summed E-state index contributed by atoms with van der Waals surface area (Å²) in [6.07, 6.45) is 0. The Labute approximate surface area is 61.0 Å². The standard InChI is InChI=1S/C4H10.H2O3S2/c1-4(2)3;1-5(2,3)4/h4H,1-3H3;(H2,1,2,3,4). The Morgan fingerprint density at radius 2 is 1.33 bits per heavy atom. The zero-order chi connectivity index (χ0) is 8.08. The first kappa shape index (κ1) is 12.0. The molecule has 0 spiro atoms. The van der Waals surface area contributed by atoms with Crippen LogP contribution in [-0.4, -0.2) is 13.0 Å². The molecule has 0 atom stereocenters. The summed E-state index contributed by atoms with van der Waals surface area (Å²) in [4.78, 5) is 0. The molecule has 0 aliphatic heterocycles. The summed E-state index contributed by atoms with van der Waals surface area (Å²) in [5, 5.41) is 0. The Kier molecular flexibility index (Phi) is 6.76. The predicted molar refractivity (Wildman–Crippen MR) is 41.0 cm³/mol. The molecular formula is C4H12O3S2. The largest absolute Gasteiger partial charge is 0.316 e. The van der Waals surface area contributed by atoms with Crippen molar-refractivity contribution in [3.05, 3.63) is 0 Å². The smallest absolute Gasteiger partial charge is 0.277 e. The first-order chi connectivity index (χ1) is 3.73. The molecule has 0 saturated heterocycles.